The van der Waals surface area contributed by atoms with Gasteiger partial charge in [0.1, 0.15) is 17.2 Å². The second kappa shape index (κ2) is 7.70. The Morgan fingerprint density at radius 2 is 2.00 bits per heavy atom. The number of carbonyl (C=O) groups excluding carboxylic acids is 2. The monoisotopic (exact) mass is 440 g/mol. The van der Waals surface area contributed by atoms with E-state index in [-0.39, 0.29) is 22.9 Å². The van der Waals surface area contributed by atoms with Gasteiger partial charge in [-0.15, -0.1) is 0 Å². The Morgan fingerprint density at radius 3 is 2.59 bits per heavy atom. The number of ether oxygens (including phenoxy) is 1. The fraction of sp³-hybridized carbons (Fsp3) is 0.318. The summed E-state index contributed by atoms with van der Waals surface area (Å²) in [7, 11) is 0. The van der Waals surface area contributed by atoms with Crippen LogP contribution in [0.2, 0.25) is 0 Å². The van der Waals surface area contributed by atoms with Gasteiger partial charge in [-0.2, -0.15) is 9.61 Å². The predicted octanol–water partition coefficient (Wildman–Crippen LogP) is 3.95. The molecule has 0 radical (unpaired) electrons. The highest BCUT2D eigenvalue weighted by Crippen LogP contribution is 2.35. The molecule has 2 heterocycles. The van der Waals surface area contributed by atoms with Crippen molar-refractivity contribution in [2.24, 2.45) is 0 Å². The number of carbonyl (C=O) groups is 3. The molecule has 1 aliphatic carbocycles. The van der Waals surface area contributed by atoms with Crippen LogP contribution < -0.4 is 4.90 Å². The number of carboxylic acid groups (broad SMARTS) is 1. The van der Waals surface area contributed by atoms with Crippen molar-refractivity contribution in [3.05, 3.63) is 47.4 Å². The van der Waals surface area contributed by atoms with Gasteiger partial charge in [-0.3, -0.25) is 9.69 Å². The summed E-state index contributed by atoms with van der Waals surface area (Å²) in [6.07, 6.45) is 2.87. The van der Waals surface area contributed by atoms with Gasteiger partial charge in [0.2, 0.25) is 0 Å². The lowest BCUT2D eigenvalue weighted by Gasteiger charge is -2.27. The first-order chi connectivity index (χ1) is 15.1. The number of aldehydes is 1. The minimum Gasteiger partial charge on any atom is -0.478 e. The standard InChI is InChI=1S/C22H21FN4O5/c1-22(2,3)32-21(31)26(14-5-6-14)18-9-17(25-19-13(11-28)10-24-27(18)19)12-4-7-16(23)15(8-12)20(29)30/h4,7-11,14H,5-6H2,1-3H3,(H,29,30). The molecule has 1 N–H and O–H groups in total. The van der Waals surface area contributed by atoms with Crippen molar-refractivity contribution in [1.82, 2.24) is 14.6 Å². The van der Waals surface area contributed by atoms with E-state index in [9.17, 15) is 23.9 Å². The maximum absolute atomic E-state index is 13.9. The van der Waals surface area contributed by atoms with Gasteiger partial charge in [-0.1, -0.05) is 0 Å². The van der Waals surface area contributed by atoms with Gasteiger partial charge in [0.05, 0.1) is 23.0 Å². The van der Waals surface area contributed by atoms with Gasteiger partial charge >= 0.3 is 12.1 Å². The fourth-order valence-electron chi connectivity index (χ4n) is 3.29. The minimum atomic E-state index is -1.42. The highest BCUT2D eigenvalue weighted by molar-refractivity contribution is 5.92. The molecule has 0 aliphatic heterocycles. The Kier molecular flexibility index (Phi) is 5.15. The number of aromatic carboxylic acids is 1. The highest BCUT2D eigenvalue weighted by Gasteiger charge is 2.38. The number of nitrogens with zero attached hydrogens (tertiary/aromatic N) is 4. The lowest BCUT2D eigenvalue weighted by atomic mass is 10.1. The first-order valence-corrected chi connectivity index (χ1v) is 9.98. The van der Waals surface area contributed by atoms with Crippen LogP contribution in [0.4, 0.5) is 15.0 Å². The summed E-state index contributed by atoms with van der Waals surface area (Å²) in [6, 6.07) is 5.02. The van der Waals surface area contributed by atoms with E-state index in [4.69, 9.17) is 4.74 Å². The number of carboxylic acids is 1. The summed E-state index contributed by atoms with van der Waals surface area (Å²) in [5, 5.41) is 13.5. The summed E-state index contributed by atoms with van der Waals surface area (Å²) in [5.74, 6) is -1.98. The number of rotatable bonds is 5. The molecule has 2 aromatic heterocycles. The van der Waals surface area contributed by atoms with Crippen molar-refractivity contribution in [3.63, 3.8) is 0 Å². The molecule has 1 saturated carbocycles. The van der Waals surface area contributed by atoms with Crippen LogP contribution in [0, 0.1) is 5.82 Å². The molecule has 0 saturated heterocycles. The number of benzene rings is 1. The average Bonchev–Trinajstić information content (AvgIpc) is 3.44. The number of hydrogen-bond acceptors (Lipinski definition) is 6. The molecule has 4 rings (SSSR count). The Labute approximate surface area is 182 Å². The van der Waals surface area contributed by atoms with Crippen LogP contribution in [-0.2, 0) is 4.74 Å². The molecule has 0 bridgehead atoms. The van der Waals surface area contributed by atoms with Crippen molar-refractivity contribution < 1.29 is 28.6 Å². The van der Waals surface area contributed by atoms with E-state index in [0.717, 1.165) is 25.0 Å². The molecule has 32 heavy (non-hydrogen) atoms. The second-order valence-electron chi connectivity index (χ2n) is 8.53. The summed E-state index contributed by atoms with van der Waals surface area (Å²) >= 11 is 0. The van der Waals surface area contributed by atoms with Crippen LogP contribution in [-0.4, -0.2) is 49.7 Å². The molecule has 0 atom stereocenters. The Morgan fingerprint density at radius 1 is 1.28 bits per heavy atom. The van der Waals surface area contributed by atoms with Crippen LogP contribution in [0.1, 0.15) is 54.3 Å². The summed E-state index contributed by atoms with van der Waals surface area (Å²) < 4.78 is 20.9. The molecule has 9 nitrogen and oxygen atoms in total. The number of anilines is 1. The zero-order valence-electron chi connectivity index (χ0n) is 17.7. The van der Waals surface area contributed by atoms with E-state index in [0.29, 0.717) is 17.7 Å². The van der Waals surface area contributed by atoms with Gasteiger partial charge < -0.3 is 9.84 Å². The first-order valence-electron chi connectivity index (χ1n) is 9.98. The van der Waals surface area contributed by atoms with E-state index in [1.165, 1.54) is 21.7 Å². The zero-order chi connectivity index (χ0) is 23.2. The molecular formula is C22H21FN4O5. The first kappa shape index (κ1) is 21.4. The van der Waals surface area contributed by atoms with Crippen molar-refractivity contribution in [3.8, 4) is 11.3 Å². The number of hydrogen-bond donors (Lipinski definition) is 1. The third kappa shape index (κ3) is 4.03. The Hall–Kier alpha value is -3.82. The third-order valence-electron chi connectivity index (χ3n) is 4.85. The molecule has 0 unspecified atom stereocenters. The topological polar surface area (TPSA) is 114 Å². The van der Waals surface area contributed by atoms with Crippen LogP contribution in [0.15, 0.2) is 30.5 Å². The third-order valence-corrected chi connectivity index (χ3v) is 4.85. The Bertz CT molecular complexity index is 1240. The smallest absolute Gasteiger partial charge is 0.416 e. The maximum Gasteiger partial charge on any atom is 0.416 e. The molecular weight excluding hydrogens is 419 g/mol. The average molecular weight is 440 g/mol. The lowest BCUT2D eigenvalue weighted by molar-refractivity contribution is 0.0574. The Balaban J connectivity index is 1.92. The predicted molar refractivity (Wildman–Crippen MR) is 112 cm³/mol. The van der Waals surface area contributed by atoms with Gasteiger partial charge in [0.25, 0.3) is 0 Å². The van der Waals surface area contributed by atoms with Crippen LogP contribution in [0.3, 0.4) is 0 Å². The van der Waals surface area contributed by atoms with E-state index >= 15 is 0 Å². The molecule has 1 fully saturated rings. The van der Waals surface area contributed by atoms with Gasteiger partial charge in [0, 0.05) is 17.7 Å². The normalized spacial score (nSPS) is 13.8. The van der Waals surface area contributed by atoms with E-state index in [1.54, 1.807) is 26.8 Å². The quantitative estimate of drug-likeness (QED) is 0.598. The van der Waals surface area contributed by atoms with Crippen molar-refractivity contribution in [1.29, 1.82) is 0 Å². The molecule has 0 spiro atoms. The molecule has 166 valence electrons. The summed E-state index contributed by atoms with van der Waals surface area (Å²) in [4.78, 5) is 41.9. The largest absolute Gasteiger partial charge is 0.478 e. The second-order valence-corrected chi connectivity index (χ2v) is 8.53. The summed E-state index contributed by atoms with van der Waals surface area (Å²) in [6.45, 7) is 5.27. The maximum atomic E-state index is 13.9. The molecule has 1 amide bonds. The number of halogens is 1. The van der Waals surface area contributed by atoms with E-state index in [1.807, 2.05) is 0 Å². The number of fused-ring (bicyclic) bond motifs is 1. The zero-order valence-corrected chi connectivity index (χ0v) is 17.7. The minimum absolute atomic E-state index is 0.116. The molecule has 1 aliphatic rings. The van der Waals surface area contributed by atoms with Gasteiger partial charge in [0.15, 0.2) is 11.9 Å². The SMILES string of the molecule is CC(C)(C)OC(=O)N(c1cc(-c2ccc(F)c(C(=O)O)c2)nc2c(C=O)cnn12)C1CC1. The van der Waals surface area contributed by atoms with Crippen molar-refractivity contribution >= 4 is 29.8 Å². The van der Waals surface area contributed by atoms with Gasteiger partial charge in [-0.05, 0) is 51.8 Å². The van der Waals surface area contributed by atoms with Gasteiger partial charge in [-0.25, -0.2) is 19.0 Å². The molecule has 10 heteroatoms. The lowest BCUT2D eigenvalue weighted by Crippen LogP contribution is -2.39. The van der Waals surface area contributed by atoms with E-state index in [2.05, 4.69) is 10.1 Å². The van der Waals surface area contributed by atoms with Crippen molar-refractivity contribution in [2.75, 3.05) is 4.90 Å². The molecule has 3 aromatic rings. The summed E-state index contributed by atoms with van der Waals surface area (Å²) in [5.41, 5.74) is -0.305. The van der Waals surface area contributed by atoms with Crippen molar-refractivity contribution in [2.45, 2.75) is 45.3 Å². The number of aromatic nitrogens is 3. The molecule has 1 aromatic carbocycles. The van der Waals surface area contributed by atoms with Crippen LogP contribution in [0.25, 0.3) is 16.9 Å². The number of amides is 1. The highest BCUT2D eigenvalue weighted by atomic mass is 19.1. The van der Waals surface area contributed by atoms with Crippen LogP contribution >= 0.6 is 0 Å². The fourth-order valence-corrected chi connectivity index (χ4v) is 3.29. The van der Waals surface area contributed by atoms with Crippen LogP contribution in [0.5, 0.6) is 0 Å². The van der Waals surface area contributed by atoms with E-state index < -0.39 is 29.0 Å².